The molecule has 1 heterocycles. The molecule has 0 bridgehead atoms. The van der Waals surface area contributed by atoms with Gasteiger partial charge in [0.25, 0.3) is 0 Å². The highest BCUT2D eigenvalue weighted by Gasteiger charge is 2.18. The van der Waals surface area contributed by atoms with E-state index in [0.29, 0.717) is 5.56 Å². The minimum Gasteiger partial charge on any atom is -0.351 e. The number of halogens is 2. The van der Waals surface area contributed by atoms with Crippen LogP contribution >= 0.6 is 23.2 Å². The fraction of sp³-hybridized carbons (Fsp3) is 0.429. The maximum atomic E-state index is 5.79. The highest BCUT2D eigenvalue weighted by molar-refractivity contribution is 6.34. The monoisotopic (exact) mass is 222 g/mol. The van der Waals surface area contributed by atoms with Crippen LogP contribution in [0.5, 0.6) is 0 Å². The van der Waals surface area contributed by atoms with Gasteiger partial charge in [-0.15, -0.1) is 0 Å². The Labute approximate surface area is 85.8 Å². The van der Waals surface area contributed by atoms with E-state index in [0.717, 1.165) is 0 Å². The summed E-state index contributed by atoms with van der Waals surface area (Å²) in [4.78, 5) is 7.53. The Kier molecular flexibility index (Phi) is 3.87. The molecule has 13 heavy (non-hydrogen) atoms. The zero-order valence-corrected chi connectivity index (χ0v) is 8.63. The summed E-state index contributed by atoms with van der Waals surface area (Å²) in [6.07, 6.45) is 0.637. The molecule has 0 fully saturated rings. The van der Waals surface area contributed by atoms with Gasteiger partial charge < -0.3 is 9.47 Å². The minimum atomic E-state index is -0.638. The lowest BCUT2D eigenvalue weighted by Gasteiger charge is -2.14. The summed E-state index contributed by atoms with van der Waals surface area (Å²) in [5.74, 6) is 0. The Morgan fingerprint density at radius 2 is 1.62 bits per heavy atom. The van der Waals surface area contributed by atoms with E-state index in [2.05, 4.69) is 9.97 Å². The second kappa shape index (κ2) is 4.72. The van der Waals surface area contributed by atoms with E-state index < -0.39 is 6.29 Å². The lowest BCUT2D eigenvalue weighted by atomic mass is 10.3. The minimum absolute atomic E-state index is 0.230. The van der Waals surface area contributed by atoms with Crippen molar-refractivity contribution < 1.29 is 9.47 Å². The first kappa shape index (κ1) is 10.7. The van der Waals surface area contributed by atoms with Crippen LogP contribution in [0.3, 0.4) is 0 Å². The third-order valence-corrected chi connectivity index (χ3v) is 2.05. The fourth-order valence-corrected chi connectivity index (χ4v) is 1.37. The van der Waals surface area contributed by atoms with Gasteiger partial charge in [-0.2, -0.15) is 0 Å². The highest BCUT2D eigenvalue weighted by Crippen LogP contribution is 2.28. The number of hydrogen-bond donors (Lipinski definition) is 0. The van der Waals surface area contributed by atoms with Crippen molar-refractivity contribution in [1.82, 2.24) is 9.97 Å². The summed E-state index contributed by atoms with van der Waals surface area (Å²) in [6.45, 7) is 0. The molecular formula is C7H8Cl2N2O2. The third kappa shape index (κ3) is 2.28. The van der Waals surface area contributed by atoms with Crippen LogP contribution in [0, 0.1) is 0 Å². The van der Waals surface area contributed by atoms with Gasteiger partial charge in [-0.3, -0.25) is 0 Å². The Morgan fingerprint density at radius 3 is 2.00 bits per heavy atom. The van der Waals surface area contributed by atoms with Crippen LogP contribution in [-0.4, -0.2) is 24.2 Å². The van der Waals surface area contributed by atoms with Crippen LogP contribution < -0.4 is 0 Å². The van der Waals surface area contributed by atoms with Gasteiger partial charge in [0.05, 0.1) is 5.56 Å². The summed E-state index contributed by atoms with van der Waals surface area (Å²) >= 11 is 11.6. The van der Waals surface area contributed by atoms with Crippen LogP contribution in [0.1, 0.15) is 11.9 Å². The molecule has 0 saturated carbocycles. The van der Waals surface area contributed by atoms with Crippen molar-refractivity contribution >= 4 is 23.2 Å². The average molecular weight is 223 g/mol. The molecule has 1 rings (SSSR count). The van der Waals surface area contributed by atoms with E-state index >= 15 is 0 Å². The Morgan fingerprint density at radius 1 is 1.15 bits per heavy atom. The van der Waals surface area contributed by atoms with Crippen LogP contribution in [0.4, 0.5) is 0 Å². The number of hydrogen-bond acceptors (Lipinski definition) is 4. The zero-order chi connectivity index (χ0) is 9.84. The Balaban J connectivity index is 3.10. The summed E-state index contributed by atoms with van der Waals surface area (Å²) < 4.78 is 9.95. The molecule has 4 nitrogen and oxygen atoms in total. The van der Waals surface area contributed by atoms with E-state index in [1.807, 2.05) is 0 Å². The van der Waals surface area contributed by atoms with Crippen molar-refractivity contribution in [2.24, 2.45) is 0 Å². The van der Waals surface area contributed by atoms with Gasteiger partial charge in [0, 0.05) is 14.2 Å². The third-order valence-electron chi connectivity index (χ3n) is 1.45. The van der Waals surface area contributed by atoms with Crippen LogP contribution in [0.2, 0.25) is 10.3 Å². The number of ether oxygens (including phenoxy) is 2. The first-order valence-corrected chi connectivity index (χ1v) is 4.17. The Hall–Kier alpha value is -0.420. The maximum Gasteiger partial charge on any atom is 0.189 e. The predicted molar refractivity (Wildman–Crippen MR) is 48.8 cm³/mol. The maximum absolute atomic E-state index is 5.79. The van der Waals surface area contributed by atoms with Gasteiger partial charge in [-0.25, -0.2) is 9.97 Å². The lowest BCUT2D eigenvalue weighted by Crippen LogP contribution is -2.06. The zero-order valence-electron chi connectivity index (χ0n) is 7.12. The molecule has 0 radical (unpaired) electrons. The predicted octanol–water partition coefficient (Wildman–Crippen LogP) is 2.07. The second-order valence-electron chi connectivity index (χ2n) is 2.17. The van der Waals surface area contributed by atoms with Crippen LogP contribution in [-0.2, 0) is 9.47 Å². The van der Waals surface area contributed by atoms with Crippen molar-refractivity contribution in [3.63, 3.8) is 0 Å². The Bertz CT molecular complexity index is 272. The SMILES string of the molecule is COC(OC)c1c(Cl)ncnc1Cl. The molecule has 6 heteroatoms. The smallest absolute Gasteiger partial charge is 0.189 e. The van der Waals surface area contributed by atoms with Crippen molar-refractivity contribution in [2.45, 2.75) is 6.29 Å². The van der Waals surface area contributed by atoms with E-state index in [9.17, 15) is 0 Å². The second-order valence-corrected chi connectivity index (χ2v) is 2.89. The normalized spacial score (nSPS) is 10.8. The first-order valence-electron chi connectivity index (χ1n) is 3.42. The van der Waals surface area contributed by atoms with E-state index in [4.69, 9.17) is 32.7 Å². The summed E-state index contributed by atoms with van der Waals surface area (Å²) in [7, 11) is 2.96. The van der Waals surface area contributed by atoms with Crippen molar-refractivity contribution in [1.29, 1.82) is 0 Å². The summed E-state index contributed by atoms with van der Waals surface area (Å²) in [5, 5.41) is 0.461. The molecule has 1 aromatic rings. The summed E-state index contributed by atoms with van der Waals surface area (Å²) in [5.41, 5.74) is 0.441. The molecule has 0 atom stereocenters. The molecule has 72 valence electrons. The first-order chi connectivity index (χ1) is 6.20. The van der Waals surface area contributed by atoms with Crippen LogP contribution in [0.15, 0.2) is 6.33 Å². The lowest BCUT2D eigenvalue weighted by molar-refractivity contribution is -0.106. The standard InChI is InChI=1S/C7H8Cl2N2O2/c1-12-7(13-2)4-5(8)10-3-11-6(4)9/h3,7H,1-2H3. The van der Waals surface area contributed by atoms with Gasteiger partial charge in [-0.1, -0.05) is 23.2 Å². The van der Waals surface area contributed by atoms with E-state index in [1.165, 1.54) is 20.5 Å². The number of aromatic nitrogens is 2. The van der Waals surface area contributed by atoms with Gasteiger partial charge in [-0.05, 0) is 0 Å². The van der Waals surface area contributed by atoms with Crippen molar-refractivity contribution in [2.75, 3.05) is 14.2 Å². The molecule has 0 aliphatic rings. The summed E-state index contributed by atoms with van der Waals surface area (Å²) in [6, 6.07) is 0. The van der Waals surface area contributed by atoms with Gasteiger partial charge >= 0.3 is 0 Å². The van der Waals surface area contributed by atoms with Crippen molar-refractivity contribution in [3.05, 3.63) is 22.2 Å². The largest absolute Gasteiger partial charge is 0.351 e. The quantitative estimate of drug-likeness (QED) is 0.581. The highest BCUT2D eigenvalue weighted by atomic mass is 35.5. The topological polar surface area (TPSA) is 44.2 Å². The number of methoxy groups -OCH3 is 2. The molecule has 0 saturated heterocycles. The average Bonchev–Trinajstić information content (AvgIpc) is 2.11. The van der Waals surface area contributed by atoms with E-state index in [-0.39, 0.29) is 10.3 Å². The molecule has 0 aromatic carbocycles. The molecule has 0 spiro atoms. The van der Waals surface area contributed by atoms with Crippen LogP contribution in [0.25, 0.3) is 0 Å². The van der Waals surface area contributed by atoms with Gasteiger partial charge in [0.1, 0.15) is 16.6 Å². The number of nitrogens with zero attached hydrogens (tertiary/aromatic N) is 2. The molecule has 0 aliphatic heterocycles. The molecular weight excluding hydrogens is 215 g/mol. The van der Waals surface area contributed by atoms with Gasteiger partial charge in [0.2, 0.25) is 0 Å². The molecule has 0 aliphatic carbocycles. The van der Waals surface area contributed by atoms with Gasteiger partial charge in [0.15, 0.2) is 6.29 Å². The fourth-order valence-electron chi connectivity index (χ4n) is 0.881. The van der Waals surface area contributed by atoms with Crippen molar-refractivity contribution in [3.8, 4) is 0 Å². The van der Waals surface area contributed by atoms with E-state index in [1.54, 1.807) is 0 Å². The number of rotatable bonds is 3. The molecule has 0 unspecified atom stereocenters. The molecule has 0 N–H and O–H groups in total. The molecule has 0 amide bonds. The molecule has 1 aromatic heterocycles.